The predicted octanol–water partition coefficient (Wildman–Crippen LogP) is -1.59. The fraction of sp³-hybridized carbons (Fsp3) is 0.818. The largest absolute Gasteiger partial charge is 0.368 e. The van der Waals surface area contributed by atoms with Gasteiger partial charge in [0.25, 0.3) is 0 Å². The van der Waals surface area contributed by atoms with Crippen LogP contribution < -0.4 is 16.4 Å². The molecule has 6 heteroatoms. The average molecular weight is 240 g/mol. The number of nitrogens with two attached hydrogens (primary N) is 1. The molecule has 0 aromatic rings. The summed E-state index contributed by atoms with van der Waals surface area (Å²) >= 11 is 0. The normalized spacial score (nSPS) is 25.5. The molecular weight excluding hydrogens is 220 g/mol. The molecule has 1 saturated carbocycles. The Balaban J connectivity index is 1.75. The molecule has 0 spiro atoms. The Bertz CT molecular complexity index is 304. The van der Waals surface area contributed by atoms with Crippen LogP contribution in [0.4, 0.5) is 0 Å². The highest BCUT2D eigenvalue weighted by atomic mass is 16.2. The van der Waals surface area contributed by atoms with Gasteiger partial charge in [0.2, 0.25) is 11.8 Å². The van der Waals surface area contributed by atoms with Gasteiger partial charge in [0, 0.05) is 38.6 Å². The summed E-state index contributed by atoms with van der Waals surface area (Å²) in [7, 11) is 0. The summed E-state index contributed by atoms with van der Waals surface area (Å²) in [6.45, 7) is 2.80. The topological polar surface area (TPSA) is 87.5 Å². The van der Waals surface area contributed by atoms with Crippen LogP contribution in [0.1, 0.15) is 19.3 Å². The summed E-state index contributed by atoms with van der Waals surface area (Å²) in [6.07, 6.45) is 2.65. The second-order valence-electron chi connectivity index (χ2n) is 4.75. The standard InChI is InChI=1S/C11H20N4O2/c12-11(17)9-7-13-4-6-15(9)5-3-10(16)14-8-1-2-8/h8-9,13H,1-7H2,(H2,12,17)(H,14,16). The Kier molecular flexibility index (Phi) is 3.96. The summed E-state index contributed by atoms with van der Waals surface area (Å²) < 4.78 is 0. The highest BCUT2D eigenvalue weighted by molar-refractivity contribution is 5.80. The van der Waals surface area contributed by atoms with E-state index in [1.54, 1.807) is 0 Å². The van der Waals surface area contributed by atoms with Gasteiger partial charge in [-0.15, -0.1) is 0 Å². The van der Waals surface area contributed by atoms with Crippen molar-refractivity contribution in [2.45, 2.75) is 31.3 Å². The van der Waals surface area contributed by atoms with Crippen LogP contribution in [0.3, 0.4) is 0 Å². The van der Waals surface area contributed by atoms with Gasteiger partial charge in [-0.1, -0.05) is 0 Å². The van der Waals surface area contributed by atoms with Crippen LogP contribution in [0.2, 0.25) is 0 Å². The monoisotopic (exact) mass is 240 g/mol. The first-order valence-electron chi connectivity index (χ1n) is 6.20. The summed E-state index contributed by atoms with van der Waals surface area (Å²) in [5, 5.41) is 6.07. The molecule has 1 aliphatic carbocycles. The number of amides is 2. The molecule has 1 aliphatic heterocycles. The van der Waals surface area contributed by atoms with Crippen LogP contribution in [-0.2, 0) is 9.59 Å². The van der Waals surface area contributed by atoms with E-state index in [0.29, 0.717) is 25.6 Å². The molecule has 4 N–H and O–H groups in total. The van der Waals surface area contributed by atoms with E-state index >= 15 is 0 Å². The third-order valence-electron chi connectivity index (χ3n) is 3.25. The lowest BCUT2D eigenvalue weighted by Crippen LogP contribution is -2.57. The maximum atomic E-state index is 11.5. The number of carbonyl (C=O) groups is 2. The van der Waals surface area contributed by atoms with Crippen molar-refractivity contribution in [1.82, 2.24) is 15.5 Å². The molecular formula is C11H20N4O2. The third kappa shape index (κ3) is 3.67. The van der Waals surface area contributed by atoms with Crippen molar-refractivity contribution in [2.24, 2.45) is 5.73 Å². The molecule has 0 aromatic heterocycles. The van der Waals surface area contributed by atoms with E-state index < -0.39 is 0 Å². The molecule has 0 radical (unpaired) electrons. The molecule has 2 rings (SSSR count). The molecule has 17 heavy (non-hydrogen) atoms. The van der Waals surface area contributed by atoms with Crippen LogP contribution in [0.5, 0.6) is 0 Å². The summed E-state index contributed by atoms with van der Waals surface area (Å²) in [5.41, 5.74) is 5.33. The number of piperazine rings is 1. The minimum atomic E-state index is -0.320. The van der Waals surface area contributed by atoms with Crippen molar-refractivity contribution < 1.29 is 9.59 Å². The third-order valence-corrected chi connectivity index (χ3v) is 3.25. The first-order valence-corrected chi connectivity index (χ1v) is 6.20. The molecule has 0 aromatic carbocycles. The van der Waals surface area contributed by atoms with E-state index in [1.165, 1.54) is 0 Å². The molecule has 1 heterocycles. The molecule has 2 amide bonds. The minimum absolute atomic E-state index is 0.0780. The van der Waals surface area contributed by atoms with Crippen LogP contribution in [-0.4, -0.2) is 55.0 Å². The Labute approximate surface area is 101 Å². The number of hydrogen-bond donors (Lipinski definition) is 3. The minimum Gasteiger partial charge on any atom is -0.368 e. The van der Waals surface area contributed by atoms with E-state index in [4.69, 9.17) is 5.73 Å². The van der Waals surface area contributed by atoms with E-state index in [1.807, 2.05) is 4.90 Å². The van der Waals surface area contributed by atoms with E-state index in [2.05, 4.69) is 10.6 Å². The smallest absolute Gasteiger partial charge is 0.236 e. The summed E-state index contributed by atoms with van der Waals surface area (Å²) in [6, 6.07) is 0.120. The van der Waals surface area contributed by atoms with Gasteiger partial charge in [-0.2, -0.15) is 0 Å². The Morgan fingerprint density at radius 2 is 2.18 bits per heavy atom. The van der Waals surface area contributed by atoms with Gasteiger partial charge in [0.15, 0.2) is 0 Å². The van der Waals surface area contributed by atoms with Crippen molar-refractivity contribution in [3.05, 3.63) is 0 Å². The number of primary amides is 1. The number of hydrogen-bond acceptors (Lipinski definition) is 4. The fourth-order valence-corrected chi connectivity index (χ4v) is 2.07. The molecule has 1 saturated heterocycles. The first-order chi connectivity index (χ1) is 8.16. The average Bonchev–Trinajstić information content (AvgIpc) is 3.10. The van der Waals surface area contributed by atoms with Gasteiger partial charge in [-0.25, -0.2) is 0 Å². The zero-order valence-corrected chi connectivity index (χ0v) is 9.95. The van der Waals surface area contributed by atoms with Crippen LogP contribution >= 0.6 is 0 Å². The molecule has 96 valence electrons. The first kappa shape index (κ1) is 12.3. The molecule has 1 atom stereocenters. The zero-order chi connectivity index (χ0) is 12.3. The molecule has 2 aliphatic rings. The second kappa shape index (κ2) is 5.46. The van der Waals surface area contributed by atoms with Crippen molar-refractivity contribution in [1.29, 1.82) is 0 Å². The quantitative estimate of drug-likeness (QED) is 0.541. The number of nitrogens with zero attached hydrogens (tertiary/aromatic N) is 1. The lowest BCUT2D eigenvalue weighted by molar-refractivity contribution is -0.126. The number of rotatable bonds is 5. The highest BCUT2D eigenvalue weighted by Gasteiger charge is 2.28. The highest BCUT2D eigenvalue weighted by Crippen LogP contribution is 2.18. The van der Waals surface area contributed by atoms with Crippen LogP contribution in [0.15, 0.2) is 0 Å². The van der Waals surface area contributed by atoms with Crippen molar-refractivity contribution >= 4 is 11.8 Å². The van der Waals surface area contributed by atoms with Gasteiger partial charge in [-0.3, -0.25) is 14.5 Å². The van der Waals surface area contributed by atoms with Gasteiger partial charge < -0.3 is 16.4 Å². The SMILES string of the molecule is NC(=O)C1CNCCN1CCC(=O)NC1CC1. The molecule has 2 fully saturated rings. The fourth-order valence-electron chi connectivity index (χ4n) is 2.07. The summed E-state index contributed by atoms with van der Waals surface area (Å²) in [4.78, 5) is 24.8. The van der Waals surface area contributed by atoms with Crippen molar-refractivity contribution in [2.75, 3.05) is 26.2 Å². The number of nitrogens with one attached hydrogen (secondary N) is 2. The Hall–Kier alpha value is -1.14. The Morgan fingerprint density at radius 1 is 1.41 bits per heavy atom. The zero-order valence-electron chi connectivity index (χ0n) is 9.95. The van der Waals surface area contributed by atoms with Crippen LogP contribution in [0, 0.1) is 0 Å². The Morgan fingerprint density at radius 3 is 2.82 bits per heavy atom. The maximum Gasteiger partial charge on any atom is 0.236 e. The number of carbonyl (C=O) groups excluding carboxylic acids is 2. The van der Waals surface area contributed by atoms with E-state index in [0.717, 1.165) is 25.9 Å². The summed E-state index contributed by atoms with van der Waals surface area (Å²) in [5.74, 6) is -0.242. The molecule has 0 bridgehead atoms. The second-order valence-corrected chi connectivity index (χ2v) is 4.75. The van der Waals surface area contributed by atoms with Crippen molar-refractivity contribution in [3.8, 4) is 0 Å². The lowest BCUT2D eigenvalue weighted by atomic mass is 10.1. The lowest BCUT2D eigenvalue weighted by Gasteiger charge is -2.33. The van der Waals surface area contributed by atoms with Crippen LogP contribution in [0.25, 0.3) is 0 Å². The molecule has 6 nitrogen and oxygen atoms in total. The van der Waals surface area contributed by atoms with Crippen molar-refractivity contribution in [3.63, 3.8) is 0 Å². The van der Waals surface area contributed by atoms with E-state index in [9.17, 15) is 9.59 Å². The van der Waals surface area contributed by atoms with Gasteiger partial charge >= 0.3 is 0 Å². The van der Waals surface area contributed by atoms with Gasteiger partial charge in [-0.05, 0) is 12.8 Å². The van der Waals surface area contributed by atoms with Gasteiger partial charge in [0.05, 0.1) is 0 Å². The van der Waals surface area contributed by atoms with Gasteiger partial charge in [0.1, 0.15) is 6.04 Å². The predicted molar refractivity (Wildman–Crippen MR) is 63.2 cm³/mol. The molecule has 1 unspecified atom stereocenters. The maximum absolute atomic E-state index is 11.5. The van der Waals surface area contributed by atoms with E-state index in [-0.39, 0.29) is 17.9 Å².